The van der Waals surface area contributed by atoms with Gasteiger partial charge in [0.2, 0.25) is 0 Å². The molecule has 0 bridgehead atoms. The molecule has 2 aliphatic rings. The van der Waals surface area contributed by atoms with Crippen LogP contribution in [0.5, 0.6) is 0 Å². The molecule has 1 saturated heterocycles. The molecular formula is C16H28N4OS. The summed E-state index contributed by atoms with van der Waals surface area (Å²) in [5.41, 5.74) is 0. The lowest BCUT2D eigenvalue weighted by atomic mass is 9.95. The lowest BCUT2D eigenvalue weighted by Gasteiger charge is -2.34. The summed E-state index contributed by atoms with van der Waals surface area (Å²) in [7, 11) is 0. The minimum Gasteiger partial charge on any atom is -0.335 e. The molecule has 2 N–H and O–H groups in total. The highest BCUT2D eigenvalue weighted by Crippen LogP contribution is 2.28. The normalized spacial score (nSPS) is 27.1. The number of piperidine rings is 1. The molecule has 2 fully saturated rings. The first-order chi connectivity index (χ1) is 10.7. The second kappa shape index (κ2) is 9.26. The molecular weight excluding hydrogens is 296 g/mol. The van der Waals surface area contributed by atoms with Gasteiger partial charge in [-0.1, -0.05) is 19.8 Å². The molecule has 1 heterocycles. The van der Waals surface area contributed by atoms with Crippen LogP contribution >= 0.6 is 11.8 Å². The largest absolute Gasteiger partial charge is 0.335 e. The predicted molar refractivity (Wildman–Crippen MR) is 90.9 cm³/mol. The van der Waals surface area contributed by atoms with Crippen LogP contribution in [-0.4, -0.2) is 53.7 Å². The molecule has 0 spiro atoms. The number of hydrogen-bond donors (Lipinski definition) is 2. The van der Waals surface area contributed by atoms with Crippen molar-refractivity contribution in [3.8, 4) is 6.07 Å². The third-order valence-electron chi connectivity index (χ3n) is 4.62. The van der Waals surface area contributed by atoms with E-state index < -0.39 is 0 Å². The van der Waals surface area contributed by atoms with Gasteiger partial charge >= 0.3 is 6.03 Å². The fourth-order valence-corrected chi connectivity index (χ4v) is 4.60. The summed E-state index contributed by atoms with van der Waals surface area (Å²) in [6.07, 6.45) is 6.70. The first-order valence-electron chi connectivity index (χ1n) is 8.51. The van der Waals surface area contributed by atoms with Crippen molar-refractivity contribution in [1.82, 2.24) is 15.5 Å². The Hall–Kier alpha value is -0.930. The minimum absolute atomic E-state index is 0.00710. The van der Waals surface area contributed by atoms with Gasteiger partial charge in [0, 0.05) is 30.4 Å². The van der Waals surface area contributed by atoms with Gasteiger partial charge in [0.15, 0.2) is 0 Å². The Kier molecular flexibility index (Phi) is 7.34. The number of thioether (sulfide) groups is 1. The smallest absolute Gasteiger partial charge is 0.315 e. The lowest BCUT2D eigenvalue weighted by molar-refractivity contribution is 0.201. The minimum atomic E-state index is -0.00710. The van der Waals surface area contributed by atoms with Crippen LogP contribution in [0.1, 0.15) is 45.4 Å². The van der Waals surface area contributed by atoms with E-state index in [1.165, 1.54) is 19.3 Å². The molecule has 5 nitrogen and oxygen atoms in total. The van der Waals surface area contributed by atoms with Gasteiger partial charge in [-0.15, -0.1) is 0 Å². The Morgan fingerprint density at radius 1 is 1.23 bits per heavy atom. The number of carbonyl (C=O) groups is 1. The molecule has 1 aliphatic heterocycles. The molecule has 2 rings (SSSR count). The highest BCUT2D eigenvalue weighted by molar-refractivity contribution is 7.99. The van der Waals surface area contributed by atoms with E-state index in [4.69, 9.17) is 5.26 Å². The van der Waals surface area contributed by atoms with Crippen LogP contribution in [0.15, 0.2) is 0 Å². The molecule has 1 aliphatic carbocycles. The first kappa shape index (κ1) is 17.4. The summed E-state index contributed by atoms with van der Waals surface area (Å²) < 4.78 is 0. The maximum Gasteiger partial charge on any atom is 0.315 e. The predicted octanol–water partition coefficient (Wildman–Crippen LogP) is 2.34. The molecule has 22 heavy (non-hydrogen) atoms. The number of likely N-dealkylation sites (tertiary alicyclic amines) is 1. The van der Waals surface area contributed by atoms with E-state index in [1.807, 2.05) is 11.8 Å². The highest BCUT2D eigenvalue weighted by Gasteiger charge is 2.27. The molecule has 0 aromatic carbocycles. The Bertz CT molecular complexity index is 388. The van der Waals surface area contributed by atoms with Crippen molar-refractivity contribution >= 4 is 17.8 Å². The van der Waals surface area contributed by atoms with E-state index in [0.29, 0.717) is 17.8 Å². The zero-order chi connectivity index (χ0) is 15.8. The molecule has 0 radical (unpaired) electrons. The van der Waals surface area contributed by atoms with Gasteiger partial charge in [0.05, 0.1) is 12.6 Å². The summed E-state index contributed by atoms with van der Waals surface area (Å²) >= 11 is 1.97. The van der Waals surface area contributed by atoms with Crippen LogP contribution in [0.3, 0.4) is 0 Å². The van der Waals surface area contributed by atoms with Crippen molar-refractivity contribution in [3.63, 3.8) is 0 Å². The van der Waals surface area contributed by atoms with Crippen LogP contribution in [0.4, 0.5) is 4.79 Å². The van der Waals surface area contributed by atoms with Crippen molar-refractivity contribution < 1.29 is 4.79 Å². The second-order valence-corrected chi connectivity index (χ2v) is 7.73. The van der Waals surface area contributed by atoms with Crippen LogP contribution < -0.4 is 10.6 Å². The maximum atomic E-state index is 12.2. The third kappa shape index (κ3) is 5.36. The Morgan fingerprint density at radius 3 is 2.64 bits per heavy atom. The molecule has 2 amide bonds. The van der Waals surface area contributed by atoms with Gasteiger partial charge < -0.3 is 10.6 Å². The van der Waals surface area contributed by atoms with Crippen LogP contribution in [0.25, 0.3) is 0 Å². The average molecular weight is 324 g/mol. The zero-order valence-electron chi connectivity index (χ0n) is 13.5. The summed E-state index contributed by atoms with van der Waals surface area (Å²) in [5, 5.41) is 15.6. The Morgan fingerprint density at radius 2 is 1.95 bits per heavy atom. The Balaban J connectivity index is 1.72. The molecule has 124 valence electrons. The van der Waals surface area contributed by atoms with Crippen molar-refractivity contribution in [2.75, 3.05) is 25.4 Å². The quantitative estimate of drug-likeness (QED) is 0.762. The zero-order valence-corrected chi connectivity index (χ0v) is 14.3. The summed E-state index contributed by atoms with van der Waals surface area (Å²) in [6.45, 7) is 4.48. The van der Waals surface area contributed by atoms with Gasteiger partial charge in [-0.3, -0.25) is 4.90 Å². The van der Waals surface area contributed by atoms with E-state index in [-0.39, 0.29) is 12.1 Å². The molecule has 1 saturated carbocycles. The van der Waals surface area contributed by atoms with Crippen molar-refractivity contribution in [3.05, 3.63) is 0 Å². The monoisotopic (exact) mass is 324 g/mol. The third-order valence-corrected chi connectivity index (χ3v) is 5.94. The first-order valence-corrected chi connectivity index (χ1v) is 9.55. The maximum absolute atomic E-state index is 12.2. The van der Waals surface area contributed by atoms with Crippen LogP contribution in [-0.2, 0) is 0 Å². The molecule has 0 aromatic rings. The molecule has 6 heteroatoms. The molecule has 2 unspecified atom stereocenters. The number of rotatable bonds is 5. The van der Waals surface area contributed by atoms with Crippen LogP contribution in [0, 0.1) is 11.3 Å². The number of nitriles is 1. The van der Waals surface area contributed by atoms with E-state index >= 15 is 0 Å². The van der Waals surface area contributed by atoms with E-state index in [2.05, 4.69) is 28.5 Å². The summed E-state index contributed by atoms with van der Waals surface area (Å²) in [6, 6.07) is 2.74. The standard InChI is InChI=1S/C16H28N4OS/c1-2-22-15-6-4-3-5-14(15)19-16(21)18-13-7-10-20(11-8-13)12-9-17/h13-15H,2-8,10-12H2,1H3,(H2,18,19,21). The van der Waals surface area contributed by atoms with Gasteiger partial charge in [0.25, 0.3) is 0 Å². The number of urea groups is 1. The van der Waals surface area contributed by atoms with E-state index in [1.54, 1.807) is 0 Å². The number of nitrogens with one attached hydrogen (secondary N) is 2. The summed E-state index contributed by atoms with van der Waals surface area (Å²) in [5.74, 6) is 1.11. The number of hydrogen-bond acceptors (Lipinski definition) is 4. The molecule has 0 aromatic heterocycles. The fourth-order valence-electron chi connectivity index (χ4n) is 3.41. The number of amides is 2. The Labute approximate surface area is 138 Å². The van der Waals surface area contributed by atoms with Crippen molar-refractivity contribution in [1.29, 1.82) is 5.26 Å². The topological polar surface area (TPSA) is 68.2 Å². The van der Waals surface area contributed by atoms with Crippen molar-refractivity contribution in [2.45, 2.75) is 62.8 Å². The molecule has 2 atom stereocenters. The fraction of sp³-hybridized carbons (Fsp3) is 0.875. The van der Waals surface area contributed by atoms with Gasteiger partial charge in [0.1, 0.15) is 0 Å². The number of nitrogens with zero attached hydrogens (tertiary/aromatic N) is 2. The van der Waals surface area contributed by atoms with Gasteiger partial charge in [-0.2, -0.15) is 17.0 Å². The van der Waals surface area contributed by atoms with Gasteiger partial charge in [-0.05, 0) is 31.4 Å². The highest BCUT2D eigenvalue weighted by atomic mass is 32.2. The average Bonchev–Trinajstić information content (AvgIpc) is 2.52. The van der Waals surface area contributed by atoms with E-state index in [9.17, 15) is 4.79 Å². The van der Waals surface area contributed by atoms with Gasteiger partial charge in [-0.25, -0.2) is 4.79 Å². The van der Waals surface area contributed by atoms with E-state index in [0.717, 1.165) is 38.1 Å². The lowest BCUT2D eigenvalue weighted by Crippen LogP contribution is -2.52. The number of carbonyl (C=O) groups excluding carboxylic acids is 1. The second-order valence-electron chi connectivity index (χ2n) is 6.21. The SMILES string of the molecule is CCSC1CCCCC1NC(=O)NC1CCN(CC#N)CC1. The van der Waals surface area contributed by atoms with Crippen LogP contribution in [0.2, 0.25) is 0 Å². The summed E-state index contributed by atoms with van der Waals surface area (Å²) in [4.78, 5) is 14.4. The van der Waals surface area contributed by atoms with Crippen molar-refractivity contribution in [2.24, 2.45) is 0 Å².